The maximum Gasteiger partial charge on any atom is 0.355 e. The zero-order valence-corrected chi connectivity index (χ0v) is 11.8. The highest BCUT2D eigenvalue weighted by molar-refractivity contribution is 7.14. The van der Waals surface area contributed by atoms with E-state index >= 15 is 0 Å². The molecule has 0 aliphatic heterocycles. The van der Waals surface area contributed by atoms with Crippen molar-refractivity contribution in [1.29, 1.82) is 0 Å². The standard InChI is InChI=1S/C14H16N2O2S/c1-3-9-6-5-7-10(4-2)12(9)16-14-15-11(8-19-14)13(17)18/h5-8H,3-4H2,1-2H3,(H,15,16)(H,17,18). The number of thiazole rings is 1. The number of nitrogens with zero attached hydrogens (tertiary/aromatic N) is 1. The fraction of sp³-hybridized carbons (Fsp3) is 0.286. The van der Waals surface area contributed by atoms with E-state index in [9.17, 15) is 4.79 Å². The van der Waals surface area contributed by atoms with Crippen molar-refractivity contribution in [3.63, 3.8) is 0 Å². The first-order valence-corrected chi connectivity index (χ1v) is 7.10. The van der Waals surface area contributed by atoms with E-state index in [2.05, 4.69) is 36.3 Å². The van der Waals surface area contributed by atoms with Gasteiger partial charge in [-0.3, -0.25) is 0 Å². The Kier molecular flexibility index (Phi) is 4.16. The molecule has 0 fully saturated rings. The molecule has 1 aromatic heterocycles. The highest BCUT2D eigenvalue weighted by Crippen LogP contribution is 2.28. The molecule has 0 aliphatic carbocycles. The number of carboxylic acid groups (broad SMARTS) is 1. The molecule has 0 saturated carbocycles. The average molecular weight is 276 g/mol. The molecule has 2 rings (SSSR count). The van der Waals surface area contributed by atoms with Gasteiger partial charge < -0.3 is 10.4 Å². The van der Waals surface area contributed by atoms with E-state index in [-0.39, 0.29) is 5.69 Å². The molecular formula is C14H16N2O2S. The molecule has 0 atom stereocenters. The van der Waals surface area contributed by atoms with Gasteiger partial charge in [-0.2, -0.15) is 0 Å². The first-order chi connectivity index (χ1) is 9.15. The zero-order valence-electron chi connectivity index (χ0n) is 10.9. The van der Waals surface area contributed by atoms with Crippen LogP contribution in [0.15, 0.2) is 23.6 Å². The third kappa shape index (κ3) is 2.93. The minimum absolute atomic E-state index is 0.0829. The summed E-state index contributed by atoms with van der Waals surface area (Å²) < 4.78 is 0. The van der Waals surface area contributed by atoms with Crippen LogP contribution < -0.4 is 5.32 Å². The summed E-state index contributed by atoms with van der Waals surface area (Å²) in [5.74, 6) is -0.996. The summed E-state index contributed by atoms with van der Waals surface area (Å²) in [7, 11) is 0. The normalized spacial score (nSPS) is 10.4. The van der Waals surface area contributed by atoms with Crippen molar-refractivity contribution < 1.29 is 9.90 Å². The molecule has 2 aromatic rings. The maximum absolute atomic E-state index is 10.8. The molecule has 0 bridgehead atoms. The summed E-state index contributed by atoms with van der Waals surface area (Å²) in [6, 6.07) is 6.20. The number of hydrogen-bond donors (Lipinski definition) is 2. The van der Waals surface area contributed by atoms with Crippen LogP contribution in [-0.2, 0) is 12.8 Å². The number of aryl methyl sites for hydroxylation is 2. The Morgan fingerprint density at radius 2 is 1.95 bits per heavy atom. The lowest BCUT2D eigenvalue weighted by atomic mass is 10.0. The predicted molar refractivity (Wildman–Crippen MR) is 77.6 cm³/mol. The van der Waals surface area contributed by atoms with E-state index in [1.54, 1.807) is 5.38 Å². The summed E-state index contributed by atoms with van der Waals surface area (Å²) in [6.45, 7) is 4.20. The van der Waals surface area contributed by atoms with Gasteiger partial charge in [0.15, 0.2) is 10.8 Å². The van der Waals surface area contributed by atoms with Crippen molar-refractivity contribution >= 4 is 28.1 Å². The molecule has 0 radical (unpaired) electrons. The van der Waals surface area contributed by atoms with Gasteiger partial charge in [0, 0.05) is 11.1 Å². The zero-order chi connectivity index (χ0) is 13.8. The van der Waals surface area contributed by atoms with Crippen LogP contribution >= 0.6 is 11.3 Å². The van der Waals surface area contributed by atoms with Crippen LogP contribution in [0.3, 0.4) is 0 Å². The molecule has 100 valence electrons. The van der Waals surface area contributed by atoms with E-state index in [1.807, 2.05) is 6.07 Å². The van der Waals surface area contributed by atoms with Gasteiger partial charge in [-0.25, -0.2) is 9.78 Å². The van der Waals surface area contributed by atoms with Gasteiger partial charge in [0.2, 0.25) is 0 Å². The summed E-state index contributed by atoms with van der Waals surface area (Å²) in [4.78, 5) is 14.9. The Labute approximate surface area is 116 Å². The second-order valence-electron chi connectivity index (χ2n) is 4.13. The molecule has 0 aliphatic rings. The van der Waals surface area contributed by atoms with Crippen molar-refractivity contribution in [3.05, 3.63) is 40.4 Å². The summed E-state index contributed by atoms with van der Waals surface area (Å²) >= 11 is 1.31. The summed E-state index contributed by atoms with van der Waals surface area (Å²) in [5.41, 5.74) is 3.57. The van der Waals surface area contributed by atoms with E-state index in [1.165, 1.54) is 22.5 Å². The van der Waals surface area contributed by atoms with Crippen LogP contribution in [0.1, 0.15) is 35.5 Å². The number of benzene rings is 1. The third-order valence-electron chi connectivity index (χ3n) is 2.95. The molecule has 0 spiro atoms. The van der Waals surface area contributed by atoms with E-state index < -0.39 is 5.97 Å². The van der Waals surface area contributed by atoms with Crippen LogP contribution in [0.4, 0.5) is 10.8 Å². The van der Waals surface area contributed by atoms with E-state index in [0.717, 1.165) is 18.5 Å². The van der Waals surface area contributed by atoms with Gasteiger partial charge in [0.05, 0.1) is 0 Å². The predicted octanol–water partition coefficient (Wildman–Crippen LogP) is 3.71. The molecule has 2 N–H and O–H groups in total. The lowest BCUT2D eigenvalue weighted by Crippen LogP contribution is -2.01. The van der Waals surface area contributed by atoms with Crippen molar-refractivity contribution in [3.8, 4) is 0 Å². The highest BCUT2D eigenvalue weighted by Gasteiger charge is 2.11. The van der Waals surface area contributed by atoms with Crippen LogP contribution in [-0.4, -0.2) is 16.1 Å². The SMILES string of the molecule is CCc1cccc(CC)c1Nc1nc(C(=O)O)cs1. The maximum atomic E-state index is 10.8. The van der Waals surface area contributed by atoms with Crippen LogP contribution in [0, 0.1) is 0 Å². The molecule has 4 nitrogen and oxygen atoms in total. The Hall–Kier alpha value is -1.88. The number of para-hydroxylation sites is 1. The van der Waals surface area contributed by atoms with Crippen molar-refractivity contribution in [2.24, 2.45) is 0 Å². The lowest BCUT2D eigenvalue weighted by molar-refractivity contribution is 0.0691. The Balaban J connectivity index is 2.33. The first-order valence-electron chi connectivity index (χ1n) is 6.22. The number of nitrogens with one attached hydrogen (secondary N) is 1. The number of anilines is 2. The second kappa shape index (κ2) is 5.84. The summed E-state index contributed by atoms with van der Waals surface area (Å²) in [5, 5.41) is 14.3. The molecule has 0 amide bonds. The van der Waals surface area contributed by atoms with Crippen molar-refractivity contribution in [2.75, 3.05) is 5.32 Å². The number of carbonyl (C=O) groups is 1. The van der Waals surface area contributed by atoms with Crippen LogP contribution in [0.2, 0.25) is 0 Å². The van der Waals surface area contributed by atoms with Gasteiger partial charge >= 0.3 is 5.97 Å². The molecule has 19 heavy (non-hydrogen) atoms. The fourth-order valence-electron chi connectivity index (χ4n) is 1.94. The molecule has 1 heterocycles. The number of hydrogen-bond acceptors (Lipinski definition) is 4. The van der Waals surface area contributed by atoms with Crippen molar-refractivity contribution in [2.45, 2.75) is 26.7 Å². The Morgan fingerprint density at radius 3 is 2.42 bits per heavy atom. The molecule has 0 unspecified atom stereocenters. The molecule has 1 aromatic carbocycles. The van der Waals surface area contributed by atoms with Gasteiger partial charge in [-0.1, -0.05) is 32.0 Å². The fourth-order valence-corrected chi connectivity index (χ4v) is 2.63. The quantitative estimate of drug-likeness (QED) is 0.874. The molecular weight excluding hydrogens is 260 g/mol. The smallest absolute Gasteiger partial charge is 0.355 e. The van der Waals surface area contributed by atoms with Crippen LogP contribution in [0.5, 0.6) is 0 Å². The average Bonchev–Trinajstić information content (AvgIpc) is 2.87. The Bertz CT molecular complexity index is 571. The summed E-state index contributed by atoms with van der Waals surface area (Å²) in [6.07, 6.45) is 1.85. The van der Waals surface area contributed by atoms with Gasteiger partial charge in [-0.05, 0) is 24.0 Å². The minimum Gasteiger partial charge on any atom is -0.476 e. The Morgan fingerprint density at radius 1 is 1.32 bits per heavy atom. The largest absolute Gasteiger partial charge is 0.476 e. The first kappa shape index (κ1) is 13.5. The topological polar surface area (TPSA) is 62.2 Å². The lowest BCUT2D eigenvalue weighted by Gasteiger charge is -2.13. The molecule has 5 heteroatoms. The van der Waals surface area contributed by atoms with Gasteiger partial charge in [0.25, 0.3) is 0 Å². The number of aromatic carboxylic acids is 1. The number of aromatic nitrogens is 1. The van der Waals surface area contributed by atoms with E-state index in [0.29, 0.717) is 5.13 Å². The van der Waals surface area contributed by atoms with Gasteiger partial charge in [0.1, 0.15) is 0 Å². The second-order valence-corrected chi connectivity index (χ2v) is 4.98. The third-order valence-corrected chi connectivity index (χ3v) is 3.71. The number of rotatable bonds is 5. The van der Waals surface area contributed by atoms with E-state index in [4.69, 9.17) is 5.11 Å². The monoisotopic (exact) mass is 276 g/mol. The van der Waals surface area contributed by atoms with Crippen molar-refractivity contribution in [1.82, 2.24) is 4.98 Å². The number of carboxylic acids is 1. The highest BCUT2D eigenvalue weighted by atomic mass is 32.1. The van der Waals surface area contributed by atoms with Crippen LogP contribution in [0.25, 0.3) is 0 Å². The minimum atomic E-state index is -0.996. The van der Waals surface area contributed by atoms with Gasteiger partial charge in [-0.15, -0.1) is 11.3 Å². The molecule has 0 saturated heterocycles.